The Morgan fingerprint density at radius 3 is 0.647 bits per heavy atom. The highest BCUT2D eigenvalue weighted by Crippen LogP contribution is 2.34. The van der Waals surface area contributed by atoms with E-state index in [0.717, 1.165) is 0 Å². The minimum Gasteiger partial charge on any atom is -0.279 e. The van der Waals surface area contributed by atoms with Crippen LogP contribution in [0.4, 0.5) is 26.3 Å². The quantitative estimate of drug-likeness (QED) is 0.127. The summed E-state index contributed by atoms with van der Waals surface area (Å²) in [6.07, 6.45) is 0. The fourth-order valence-corrected chi connectivity index (χ4v) is 2.86. The zero-order chi connectivity index (χ0) is 25.9. The Kier molecular flexibility index (Phi) is 7.82. The maximum absolute atomic E-state index is 10.7. The van der Waals surface area contributed by atoms with E-state index < -0.39 is 31.3 Å². The van der Waals surface area contributed by atoms with Crippen molar-refractivity contribution in [1.29, 1.82) is 0 Å². The number of hydrogen-bond donors (Lipinski definition) is 2. The molecule has 0 unspecified atom stereocenters. The first-order chi connectivity index (χ1) is 15.4. The lowest BCUT2D eigenvalue weighted by Crippen LogP contribution is -2.21. The summed E-state index contributed by atoms with van der Waals surface area (Å²) in [7, 11) is -11.7. The van der Waals surface area contributed by atoms with E-state index in [0.29, 0.717) is 0 Å². The first-order valence-electron chi connectivity index (χ1n) is 8.81. The fourth-order valence-electron chi connectivity index (χ4n) is 2.86. The van der Waals surface area contributed by atoms with Gasteiger partial charge in [-0.05, 0) is 32.3 Å². The van der Waals surface area contributed by atoms with Crippen molar-refractivity contribution in [1.82, 2.24) is 0 Å². The first-order valence-corrected chi connectivity index (χ1v) is 11.7. The highest BCUT2D eigenvalue weighted by molar-refractivity contribution is 7.86. The Morgan fingerprint density at radius 2 is 0.559 bits per heavy atom. The number of alkyl halides is 6. The second kappa shape index (κ2) is 9.74. The fraction of sp³-hybridized carbons (Fsp3) is 0.100. The largest absolute Gasteiger partial charge is 0.522 e. The van der Waals surface area contributed by atoms with Crippen LogP contribution >= 0.6 is 0 Å². The van der Waals surface area contributed by atoms with E-state index in [4.69, 9.17) is 25.9 Å². The summed E-state index contributed by atoms with van der Waals surface area (Å²) in [5, 5.41) is 8.04. The molecule has 14 heteroatoms. The highest BCUT2D eigenvalue weighted by atomic mass is 32.2. The molecule has 34 heavy (non-hydrogen) atoms. The maximum Gasteiger partial charge on any atom is 0.522 e. The SMILES string of the molecule is O=S(=O)(O)C(F)(F)F.O=S(=O)(O)C(F)(F)F.c1ccc2c(c1)c1ccccc1c1ccccc21. The van der Waals surface area contributed by atoms with Gasteiger partial charge in [0.05, 0.1) is 0 Å². The maximum atomic E-state index is 10.7. The van der Waals surface area contributed by atoms with Gasteiger partial charge in [-0.2, -0.15) is 43.2 Å². The van der Waals surface area contributed by atoms with Crippen LogP contribution in [0.3, 0.4) is 0 Å². The summed E-state index contributed by atoms with van der Waals surface area (Å²) >= 11 is 0. The number of halogens is 6. The molecule has 0 fully saturated rings. The summed E-state index contributed by atoms with van der Waals surface area (Å²) in [4.78, 5) is 0. The molecule has 0 saturated carbocycles. The van der Waals surface area contributed by atoms with Crippen LogP contribution in [0, 0.1) is 0 Å². The van der Waals surface area contributed by atoms with Crippen molar-refractivity contribution in [2.45, 2.75) is 11.0 Å². The molecule has 0 atom stereocenters. The first kappa shape index (κ1) is 27.3. The Balaban J connectivity index is 0.000000216. The molecule has 6 nitrogen and oxygen atoms in total. The lowest BCUT2D eigenvalue weighted by atomic mass is 9.95. The van der Waals surface area contributed by atoms with Gasteiger partial charge in [0.15, 0.2) is 0 Å². The number of fused-ring (bicyclic) bond motifs is 6. The van der Waals surface area contributed by atoms with E-state index in [-0.39, 0.29) is 0 Å². The van der Waals surface area contributed by atoms with Crippen molar-refractivity contribution < 1.29 is 52.3 Å². The van der Waals surface area contributed by atoms with Crippen molar-refractivity contribution in [3.63, 3.8) is 0 Å². The normalized spacial score (nSPS) is 12.6. The number of rotatable bonds is 0. The van der Waals surface area contributed by atoms with Crippen molar-refractivity contribution in [3.05, 3.63) is 72.8 Å². The predicted molar refractivity (Wildman–Crippen MR) is 114 cm³/mol. The van der Waals surface area contributed by atoms with Gasteiger partial charge in [-0.25, -0.2) is 0 Å². The van der Waals surface area contributed by atoms with Crippen LogP contribution in [0.15, 0.2) is 72.8 Å². The van der Waals surface area contributed by atoms with Crippen LogP contribution in [0.1, 0.15) is 0 Å². The average molecular weight is 528 g/mol. The average Bonchev–Trinajstić information content (AvgIpc) is 2.72. The molecule has 0 heterocycles. The van der Waals surface area contributed by atoms with E-state index in [9.17, 15) is 26.3 Å². The van der Waals surface area contributed by atoms with E-state index in [1.54, 1.807) is 0 Å². The Hall–Kier alpha value is -2.94. The molecule has 0 aliphatic rings. The zero-order valence-corrected chi connectivity index (χ0v) is 18.2. The summed E-state index contributed by atoms with van der Waals surface area (Å²) < 4.78 is 115. The van der Waals surface area contributed by atoms with Crippen molar-refractivity contribution in [2.24, 2.45) is 0 Å². The Labute approximate surface area is 188 Å². The van der Waals surface area contributed by atoms with Crippen LogP contribution in [0.25, 0.3) is 32.3 Å². The Bertz CT molecular complexity index is 1270. The van der Waals surface area contributed by atoms with Crippen LogP contribution in [0.5, 0.6) is 0 Å². The topological polar surface area (TPSA) is 109 Å². The van der Waals surface area contributed by atoms with Crippen molar-refractivity contribution in [2.75, 3.05) is 0 Å². The van der Waals surface area contributed by atoms with Gasteiger partial charge in [-0.3, -0.25) is 9.11 Å². The third-order valence-electron chi connectivity index (χ3n) is 4.24. The minimum atomic E-state index is -5.84. The molecule has 0 spiro atoms. The monoisotopic (exact) mass is 528 g/mol. The van der Waals surface area contributed by atoms with Gasteiger partial charge in [0.25, 0.3) is 0 Å². The third kappa shape index (κ3) is 6.34. The molecule has 184 valence electrons. The Morgan fingerprint density at radius 1 is 0.441 bits per heavy atom. The van der Waals surface area contributed by atoms with E-state index in [2.05, 4.69) is 72.8 Å². The summed E-state index contributed by atoms with van der Waals surface area (Å²) in [6, 6.07) is 26.0. The molecule has 4 rings (SSSR count). The molecule has 0 radical (unpaired) electrons. The number of hydrogen-bond acceptors (Lipinski definition) is 4. The lowest BCUT2D eigenvalue weighted by Gasteiger charge is -2.09. The van der Waals surface area contributed by atoms with E-state index in [1.165, 1.54) is 32.3 Å². The minimum absolute atomic E-state index is 1.34. The lowest BCUT2D eigenvalue weighted by molar-refractivity contribution is -0.0514. The van der Waals surface area contributed by atoms with Crippen LogP contribution in [-0.2, 0) is 20.2 Å². The summed E-state index contributed by atoms with van der Waals surface area (Å²) in [5.74, 6) is 0. The third-order valence-corrected chi connectivity index (χ3v) is 5.41. The molecule has 0 amide bonds. The van der Waals surface area contributed by atoms with Crippen LogP contribution < -0.4 is 0 Å². The van der Waals surface area contributed by atoms with Gasteiger partial charge < -0.3 is 0 Å². The standard InChI is InChI=1S/C18H12.2CHF3O3S/c1-2-8-14-13(7-1)15-9-3-4-11-17(15)18-12-6-5-10-16(14)18;2*2-1(3,4)8(5,6)7/h1-12H;2*(H,5,6,7). The molecular formula is C20H14F6O6S2. The molecule has 4 aromatic rings. The molecule has 0 bridgehead atoms. The molecule has 0 aliphatic heterocycles. The molecular weight excluding hydrogens is 514 g/mol. The molecule has 0 saturated heterocycles. The molecule has 4 aromatic carbocycles. The number of benzene rings is 4. The smallest absolute Gasteiger partial charge is 0.279 e. The van der Waals surface area contributed by atoms with E-state index >= 15 is 0 Å². The molecule has 2 N–H and O–H groups in total. The van der Waals surface area contributed by atoms with Crippen molar-refractivity contribution in [3.8, 4) is 0 Å². The van der Waals surface area contributed by atoms with Gasteiger partial charge in [0, 0.05) is 0 Å². The second-order valence-corrected chi connectivity index (χ2v) is 9.30. The van der Waals surface area contributed by atoms with Gasteiger partial charge in [0.1, 0.15) is 0 Å². The predicted octanol–water partition coefficient (Wildman–Crippen LogP) is 5.93. The van der Waals surface area contributed by atoms with Crippen LogP contribution in [-0.4, -0.2) is 37.0 Å². The van der Waals surface area contributed by atoms with Crippen LogP contribution in [0.2, 0.25) is 0 Å². The second-order valence-electron chi connectivity index (χ2n) is 6.48. The zero-order valence-electron chi connectivity index (χ0n) is 16.5. The van der Waals surface area contributed by atoms with Gasteiger partial charge >= 0.3 is 31.3 Å². The van der Waals surface area contributed by atoms with Crippen molar-refractivity contribution >= 4 is 52.6 Å². The molecule has 0 aliphatic carbocycles. The van der Waals surface area contributed by atoms with E-state index in [1.807, 2.05) is 0 Å². The summed E-state index contributed by atoms with van der Waals surface area (Å²) in [5.41, 5.74) is -11.1. The summed E-state index contributed by atoms with van der Waals surface area (Å²) in [6.45, 7) is 0. The van der Waals surface area contributed by atoms with Gasteiger partial charge in [-0.15, -0.1) is 0 Å². The van der Waals surface area contributed by atoms with Gasteiger partial charge in [0.2, 0.25) is 0 Å². The molecule has 0 aromatic heterocycles. The van der Waals surface area contributed by atoms with Gasteiger partial charge in [-0.1, -0.05) is 72.8 Å². The highest BCUT2D eigenvalue weighted by Gasteiger charge is 2.45.